The van der Waals surface area contributed by atoms with Gasteiger partial charge in [-0.15, -0.1) is 0 Å². The van der Waals surface area contributed by atoms with E-state index in [9.17, 15) is 19.5 Å². The van der Waals surface area contributed by atoms with Crippen LogP contribution in [0.25, 0.3) is 0 Å². The summed E-state index contributed by atoms with van der Waals surface area (Å²) in [4.78, 5) is 36.1. The van der Waals surface area contributed by atoms with Crippen molar-refractivity contribution in [1.29, 1.82) is 0 Å². The highest BCUT2D eigenvalue weighted by atomic mass is 16.4. The third-order valence-electron chi connectivity index (χ3n) is 8.89. The maximum atomic E-state index is 12.2. The van der Waals surface area contributed by atoms with Gasteiger partial charge in [-0.2, -0.15) is 0 Å². The van der Waals surface area contributed by atoms with Crippen LogP contribution in [0, 0.1) is 40.4 Å². The molecule has 144 valence electrons. The topological polar surface area (TPSA) is 109 Å². The SMILES string of the molecule is C[C@]12CC[C@H]3[C@@H](CC[C@H]4NC(=O)CC(C(N)=O)[C@@]43C)[C@@H]1CC[C@@H]2C(=O)O. The van der Waals surface area contributed by atoms with Crippen LogP contribution in [0.5, 0.6) is 0 Å². The number of primary amides is 1. The van der Waals surface area contributed by atoms with E-state index in [0.717, 1.165) is 38.5 Å². The molecule has 1 heterocycles. The molecule has 2 amide bonds. The molecule has 4 N–H and O–H groups in total. The third kappa shape index (κ3) is 2.20. The zero-order chi connectivity index (χ0) is 18.9. The molecule has 8 atom stereocenters. The molecule has 0 aromatic carbocycles. The summed E-state index contributed by atoms with van der Waals surface area (Å²) in [7, 11) is 0. The number of carbonyl (C=O) groups is 3. The molecule has 0 spiro atoms. The maximum absolute atomic E-state index is 12.2. The van der Waals surface area contributed by atoms with E-state index in [1.807, 2.05) is 0 Å². The molecule has 6 heteroatoms. The minimum absolute atomic E-state index is 0.00327. The highest BCUT2D eigenvalue weighted by Crippen LogP contribution is 2.66. The monoisotopic (exact) mass is 362 g/mol. The molecule has 0 aromatic heterocycles. The number of nitrogens with two attached hydrogens (primary N) is 1. The van der Waals surface area contributed by atoms with Crippen molar-refractivity contribution in [2.24, 2.45) is 46.2 Å². The largest absolute Gasteiger partial charge is 0.481 e. The van der Waals surface area contributed by atoms with Gasteiger partial charge in [0.05, 0.1) is 11.8 Å². The highest BCUT2D eigenvalue weighted by molar-refractivity contribution is 5.87. The van der Waals surface area contributed by atoms with Gasteiger partial charge < -0.3 is 16.2 Å². The molecule has 0 bridgehead atoms. The number of amides is 2. The number of carboxylic acids is 1. The van der Waals surface area contributed by atoms with Crippen LogP contribution in [0.2, 0.25) is 0 Å². The maximum Gasteiger partial charge on any atom is 0.307 e. The van der Waals surface area contributed by atoms with Crippen LogP contribution in [0.15, 0.2) is 0 Å². The van der Waals surface area contributed by atoms with Gasteiger partial charge in [-0.25, -0.2) is 0 Å². The van der Waals surface area contributed by atoms with E-state index in [1.54, 1.807) is 0 Å². The Balaban J connectivity index is 1.69. The van der Waals surface area contributed by atoms with E-state index in [1.165, 1.54) is 0 Å². The molecule has 6 nitrogen and oxygen atoms in total. The van der Waals surface area contributed by atoms with E-state index in [0.29, 0.717) is 17.8 Å². The van der Waals surface area contributed by atoms with Gasteiger partial charge in [-0.05, 0) is 61.7 Å². The Labute approximate surface area is 154 Å². The number of hydrogen-bond acceptors (Lipinski definition) is 3. The Morgan fingerprint density at radius 3 is 2.46 bits per heavy atom. The minimum atomic E-state index is -0.659. The van der Waals surface area contributed by atoms with Gasteiger partial charge in [-0.1, -0.05) is 13.8 Å². The second-order valence-corrected chi connectivity index (χ2v) is 9.61. The summed E-state index contributed by atoms with van der Waals surface area (Å²) in [5, 5.41) is 12.8. The molecule has 1 aliphatic heterocycles. The number of fused-ring (bicyclic) bond motifs is 5. The van der Waals surface area contributed by atoms with Crippen LogP contribution in [0.1, 0.15) is 58.8 Å². The van der Waals surface area contributed by atoms with Gasteiger partial charge in [0, 0.05) is 17.9 Å². The Hall–Kier alpha value is -1.59. The second-order valence-electron chi connectivity index (χ2n) is 9.61. The molecular weight excluding hydrogens is 332 g/mol. The van der Waals surface area contributed by atoms with E-state index >= 15 is 0 Å². The standard InChI is InChI=1S/C20H30N2O4/c1-19-8-7-12-10(11(19)4-5-13(19)18(25)26)3-6-15-20(12,2)14(17(21)24)9-16(23)22-15/h10-15H,3-9H2,1-2H3,(H2,21,24)(H,22,23)(H,25,26)/t10-,11-,12-,13+,14?,15+,19-,20-/m0/s1. The summed E-state index contributed by atoms with van der Waals surface area (Å²) < 4.78 is 0. The van der Waals surface area contributed by atoms with Crippen molar-refractivity contribution >= 4 is 17.8 Å². The first-order valence-corrected chi connectivity index (χ1v) is 10.0. The Bertz CT molecular complexity index is 664. The lowest BCUT2D eigenvalue weighted by Gasteiger charge is -2.61. The fraction of sp³-hybridized carbons (Fsp3) is 0.850. The molecule has 4 fully saturated rings. The molecule has 0 radical (unpaired) electrons. The summed E-state index contributed by atoms with van der Waals surface area (Å²) >= 11 is 0. The molecule has 1 saturated heterocycles. The van der Waals surface area contributed by atoms with Crippen LogP contribution < -0.4 is 11.1 Å². The first-order chi connectivity index (χ1) is 12.2. The summed E-state index contributed by atoms with van der Waals surface area (Å²) in [5.41, 5.74) is 5.28. The predicted molar refractivity (Wildman–Crippen MR) is 94.7 cm³/mol. The zero-order valence-electron chi connectivity index (χ0n) is 15.7. The third-order valence-corrected chi connectivity index (χ3v) is 8.89. The van der Waals surface area contributed by atoms with Crippen molar-refractivity contribution in [2.75, 3.05) is 0 Å². The average Bonchev–Trinajstić information content (AvgIpc) is 2.92. The van der Waals surface area contributed by atoms with Gasteiger partial charge in [-0.3, -0.25) is 14.4 Å². The van der Waals surface area contributed by atoms with Crippen LogP contribution in [-0.2, 0) is 14.4 Å². The fourth-order valence-electron chi connectivity index (χ4n) is 7.59. The van der Waals surface area contributed by atoms with Gasteiger partial charge in [0.25, 0.3) is 0 Å². The number of aliphatic carboxylic acids is 1. The Morgan fingerprint density at radius 2 is 1.81 bits per heavy atom. The molecule has 1 unspecified atom stereocenters. The van der Waals surface area contributed by atoms with Crippen LogP contribution in [-0.4, -0.2) is 28.9 Å². The van der Waals surface area contributed by atoms with Crippen molar-refractivity contribution in [2.45, 2.75) is 64.8 Å². The summed E-state index contributed by atoms with van der Waals surface area (Å²) in [5.74, 6) is -0.619. The van der Waals surface area contributed by atoms with E-state index in [2.05, 4.69) is 19.2 Å². The highest BCUT2D eigenvalue weighted by Gasteiger charge is 2.64. The van der Waals surface area contributed by atoms with Crippen molar-refractivity contribution in [3.8, 4) is 0 Å². The lowest BCUT2D eigenvalue weighted by Crippen LogP contribution is -2.66. The van der Waals surface area contributed by atoms with Crippen molar-refractivity contribution in [3.63, 3.8) is 0 Å². The quantitative estimate of drug-likeness (QED) is 0.697. The van der Waals surface area contributed by atoms with Crippen molar-refractivity contribution in [1.82, 2.24) is 5.32 Å². The molecular formula is C20H30N2O4. The van der Waals surface area contributed by atoms with Gasteiger partial charge in [0.1, 0.15) is 0 Å². The van der Waals surface area contributed by atoms with E-state index < -0.39 is 11.9 Å². The predicted octanol–water partition coefficient (Wildman–Crippen LogP) is 1.92. The molecule has 3 aliphatic carbocycles. The van der Waals surface area contributed by atoms with E-state index in [4.69, 9.17) is 5.73 Å². The molecule has 4 rings (SSSR count). The summed E-state index contributed by atoms with van der Waals surface area (Å²) in [6.07, 6.45) is 5.58. The van der Waals surface area contributed by atoms with Crippen LogP contribution in [0.3, 0.4) is 0 Å². The number of nitrogens with one attached hydrogen (secondary N) is 1. The number of carboxylic acid groups (broad SMARTS) is 1. The first kappa shape index (κ1) is 17.8. The number of rotatable bonds is 2. The number of hydrogen-bond donors (Lipinski definition) is 3. The Morgan fingerprint density at radius 1 is 1.08 bits per heavy atom. The zero-order valence-corrected chi connectivity index (χ0v) is 15.7. The minimum Gasteiger partial charge on any atom is -0.481 e. The normalized spacial score (nSPS) is 50.2. The molecule has 3 saturated carbocycles. The van der Waals surface area contributed by atoms with Crippen LogP contribution >= 0.6 is 0 Å². The summed E-state index contributed by atoms with van der Waals surface area (Å²) in [6, 6.07) is 0.00327. The van der Waals surface area contributed by atoms with Crippen molar-refractivity contribution < 1.29 is 19.5 Å². The smallest absolute Gasteiger partial charge is 0.307 e. The fourth-order valence-corrected chi connectivity index (χ4v) is 7.59. The van der Waals surface area contributed by atoms with Gasteiger partial charge >= 0.3 is 5.97 Å². The number of piperidine rings is 1. The molecule has 0 aromatic rings. The second kappa shape index (κ2) is 5.70. The summed E-state index contributed by atoms with van der Waals surface area (Å²) in [6.45, 7) is 4.32. The lowest BCUT2D eigenvalue weighted by atomic mass is 9.45. The Kier molecular flexibility index (Phi) is 3.90. The van der Waals surface area contributed by atoms with Crippen molar-refractivity contribution in [3.05, 3.63) is 0 Å². The van der Waals surface area contributed by atoms with Gasteiger partial charge in [0.2, 0.25) is 11.8 Å². The molecule has 26 heavy (non-hydrogen) atoms. The van der Waals surface area contributed by atoms with Gasteiger partial charge in [0.15, 0.2) is 0 Å². The van der Waals surface area contributed by atoms with E-state index in [-0.39, 0.29) is 41.0 Å². The number of carbonyl (C=O) groups excluding carboxylic acids is 2. The lowest BCUT2D eigenvalue weighted by molar-refractivity contribution is -0.162. The average molecular weight is 362 g/mol. The molecule has 4 aliphatic rings. The van der Waals surface area contributed by atoms with Crippen LogP contribution in [0.4, 0.5) is 0 Å². The first-order valence-electron chi connectivity index (χ1n) is 10.0.